The molecule has 0 unspecified atom stereocenters. The summed E-state index contributed by atoms with van der Waals surface area (Å²) in [6.07, 6.45) is 5.95. The lowest BCUT2D eigenvalue weighted by molar-refractivity contribution is 0.140. The highest BCUT2D eigenvalue weighted by Crippen LogP contribution is 2.34. The SMILES string of the molecule is CC(C)(C)Sc1ccc([C@@H]2CCCCN2Cc2ccccc2)cn1. The Hall–Kier alpha value is -1.32. The van der Waals surface area contributed by atoms with Gasteiger partial charge in [-0.2, -0.15) is 0 Å². The summed E-state index contributed by atoms with van der Waals surface area (Å²) in [5.41, 5.74) is 2.76. The maximum Gasteiger partial charge on any atom is 0.0965 e. The van der Waals surface area contributed by atoms with Crippen molar-refractivity contribution in [2.45, 2.75) is 62.4 Å². The van der Waals surface area contributed by atoms with Crippen LogP contribution in [0.25, 0.3) is 0 Å². The fourth-order valence-corrected chi connectivity index (χ4v) is 4.21. The maximum atomic E-state index is 4.72. The Morgan fingerprint density at radius 1 is 1.08 bits per heavy atom. The molecule has 1 atom stereocenters. The summed E-state index contributed by atoms with van der Waals surface area (Å²) >= 11 is 1.83. The van der Waals surface area contributed by atoms with E-state index in [0.717, 1.165) is 11.6 Å². The third-order valence-corrected chi connectivity index (χ3v) is 5.46. The van der Waals surface area contributed by atoms with Gasteiger partial charge in [0, 0.05) is 23.5 Å². The van der Waals surface area contributed by atoms with Crippen molar-refractivity contribution in [3.8, 4) is 0 Å². The van der Waals surface area contributed by atoms with E-state index in [9.17, 15) is 0 Å². The Morgan fingerprint density at radius 2 is 1.88 bits per heavy atom. The molecule has 2 nitrogen and oxygen atoms in total. The lowest BCUT2D eigenvalue weighted by Crippen LogP contribution is -2.33. The van der Waals surface area contributed by atoms with Gasteiger partial charge in [0.1, 0.15) is 0 Å². The molecule has 2 heterocycles. The number of piperidine rings is 1. The number of pyridine rings is 1. The molecule has 2 aromatic rings. The molecule has 1 aliphatic rings. The Labute approximate surface area is 150 Å². The smallest absolute Gasteiger partial charge is 0.0965 e. The van der Waals surface area contributed by atoms with Gasteiger partial charge in [-0.1, -0.05) is 63.6 Å². The van der Waals surface area contributed by atoms with Crippen molar-refractivity contribution >= 4 is 11.8 Å². The summed E-state index contributed by atoms with van der Waals surface area (Å²) in [6.45, 7) is 8.91. The van der Waals surface area contributed by atoms with Crippen LogP contribution in [0.1, 0.15) is 57.2 Å². The molecule has 24 heavy (non-hydrogen) atoms. The molecule has 1 aromatic carbocycles. The van der Waals surface area contributed by atoms with Gasteiger partial charge in [-0.15, -0.1) is 11.8 Å². The highest BCUT2D eigenvalue weighted by molar-refractivity contribution is 8.00. The molecule has 0 amide bonds. The highest BCUT2D eigenvalue weighted by Gasteiger charge is 2.24. The number of nitrogens with zero attached hydrogens (tertiary/aromatic N) is 2. The standard InChI is InChI=1S/C21H28N2S/c1-21(2,3)24-20-13-12-18(15-22-20)19-11-7-8-14-23(19)16-17-9-5-4-6-10-17/h4-6,9-10,12-13,15,19H,7-8,11,14,16H2,1-3H3/t19-/m0/s1. The van der Waals surface area contributed by atoms with Gasteiger partial charge in [0.15, 0.2) is 0 Å². The lowest BCUT2D eigenvalue weighted by atomic mass is 9.96. The zero-order chi connectivity index (χ0) is 17.0. The molecular formula is C21H28N2S. The van der Waals surface area contributed by atoms with Crippen LogP contribution < -0.4 is 0 Å². The van der Waals surface area contributed by atoms with E-state index in [1.807, 2.05) is 11.8 Å². The second-order valence-electron chi connectivity index (χ2n) is 7.61. The molecule has 1 saturated heterocycles. The Bertz CT molecular complexity index is 631. The van der Waals surface area contributed by atoms with E-state index in [1.165, 1.54) is 36.9 Å². The molecule has 3 heteroatoms. The van der Waals surface area contributed by atoms with Crippen molar-refractivity contribution in [1.82, 2.24) is 9.88 Å². The van der Waals surface area contributed by atoms with Crippen molar-refractivity contribution in [1.29, 1.82) is 0 Å². The first-order valence-electron chi connectivity index (χ1n) is 8.94. The van der Waals surface area contributed by atoms with Gasteiger partial charge in [0.2, 0.25) is 0 Å². The van der Waals surface area contributed by atoms with E-state index in [2.05, 4.69) is 74.3 Å². The minimum atomic E-state index is 0.207. The van der Waals surface area contributed by atoms with Gasteiger partial charge >= 0.3 is 0 Å². The van der Waals surface area contributed by atoms with Crippen LogP contribution in [0.2, 0.25) is 0 Å². The number of aromatic nitrogens is 1. The molecule has 1 aliphatic heterocycles. The average Bonchev–Trinajstić information content (AvgIpc) is 2.56. The van der Waals surface area contributed by atoms with E-state index >= 15 is 0 Å². The molecule has 3 rings (SSSR count). The third-order valence-electron chi connectivity index (χ3n) is 4.40. The second kappa shape index (κ2) is 7.71. The minimum absolute atomic E-state index is 0.207. The van der Waals surface area contributed by atoms with E-state index in [1.54, 1.807) is 0 Å². The molecule has 0 saturated carbocycles. The van der Waals surface area contributed by atoms with Crippen LogP contribution in [-0.2, 0) is 6.54 Å². The van der Waals surface area contributed by atoms with Crippen LogP contribution in [0.3, 0.4) is 0 Å². The third kappa shape index (κ3) is 4.84. The molecule has 1 fully saturated rings. The molecule has 0 spiro atoms. The predicted octanol–water partition coefficient (Wildman–Crippen LogP) is 5.70. The van der Waals surface area contributed by atoms with Crippen molar-refractivity contribution in [3.05, 3.63) is 59.8 Å². The molecule has 0 aliphatic carbocycles. The molecule has 1 aromatic heterocycles. The van der Waals surface area contributed by atoms with Crippen LogP contribution in [-0.4, -0.2) is 21.2 Å². The van der Waals surface area contributed by atoms with Crippen molar-refractivity contribution in [2.75, 3.05) is 6.54 Å². The fraction of sp³-hybridized carbons (Fsp3) is 0.476. The van der Waals surface area contributed by atoms with Crippen LogP contribution in [0.5, 0.6) is 0 Å². The summed E-state index contributed by atoms with van der Waals surface area (Å²) in [7, 11) is 0. The summed E-state index contributed by atoms with van der Waals surface area (Å²) in [5.74, 6) is 0. The van der Waals surface area contributed by atoms with Crippen LogP contribution in [0, 0.1) is 0 Å². The average molecular weight is 341 g/mol. The largest absolute Gasteiger partial charge is 0.292 e. The summed E-state index contributed by atoms with van der Waals surface area (Å²) < 4.78 is 0.207. The molecule has 0 N–H and O–H groups in total. The molecule has 0 radical (unpaired) electrons. The quantitative estimate of drug-likeness (QED) is 0.664. The van der Waals surface area contributed by atoms with Gasteiger partial charge < -0.3 is 0 Å². The van der Waals surface area contributed by atoms with Gasteiger partial charge in [-0.3, -0.25) is 4.90 Å². The van der Waals surface area contributed by atoms with Gasteiger partial charge in [0.25, 0.3) is 0 Å². The Kier molecular flexibility index (Phi) is 5.62. The normalized spacial score (nSPS) is 19.4. The topological polar surface area (TPSA) is 16.1 Å². The first kappa shape index (κ1) is 17.5. The van der Waals surface area contributed by atoms with Crippen molar-refractivity contribution < 1.29 is 0 Å². The number of thioether (sulfide) groups is 1. The number of hydrogen-bond donors (Lipinski definition) is 0. The molecule has 128 valence electrons. The summed E-state index contributed by atoms with van der Waals surface area (Å²) in [4.78, 5) is 7.33. The molecular weight excluding hydrogens is 312 g/mol. The number of hydrogen-bond acceptors (Lipinski definition) is 3. The number of rotatable bonds is 4. The Morgan fingerprint density at radius 3 is 2.54 bits per heavy atom. The number of benzene rings is 1. The fourth-order valence-electron chi connectivity index (χ4n) is 3.34. The van der Waals surface area contributed by atoms with E-state index in [4.69, 9.17) is 4.98 Å². The molecule has 0 bridgehead atoms. The monoisotopic (exact) mass is 340 g/mol. The van der Waals surface area contributed by atoms with Gasteiger partial charge in [-0.05, 0) is 36.6 Å². The van der Waals surface area contributed by atoms with Crippen LogP contribution in [0.15, 0.2) is 53.7 Å². The lowest BCUT2D eigenvalue weighted by Gasteiger charge is -2.36. The zero-order valence-electron chi connectivity index (χ0n) is 15.0. The van der Waals surface area contributed by atoms with Crippen molar-refractivity contribution in [3.63, 3.8) is 0 Å². The zero-order valence-corrected chi connectivity index (χ0v) is 15.9. The highest BCUT2D eigenvalue weighted by atomic mass is 32.2. The van der Waals surface area contributed by atoms with E-state index < -0.39 is 0 Å². The predicted molar refractivity (Wildman–Crippen MR) is 103 cm³/mol. The summed E-state index contributed by atoms with van der Waals surface area (Å²) in [5, 5.41) is 1.12. The first-order chi connectivity index (χ1) is 11.5. The van der Waals surface area contributed by atoms with E-state index in [-0.39, 0.29) is 4.75 Å². The minimum Gasteiger partial charge on any atom is -0.292 e. The first-order valence-corrected chi connectivity index (χ1v) is 9.76. The Balaban J connectivity index is 1.73. The summed E-state index contributed by atoms with van der Waals surface area (Å²) in [6, 6.07) is 15.8. The van der Waals surface area contributed by atoms with Crippen LogP contribution in [0.4, 0.5) is 0 Å². The van der Waals surface area contributed by atoms with Gasteiger partial charge in [-0.25, -0.2) is 4.98 Å². The second-order valence-corrected chi connectivity index (χ2v) is 9.46. The van der Waals surface area contributed by atoms with E-state index in [0.29, 0.717) is 6.04 Å². The maximum absolute atomic E-state index is 4.72. The van der Waals surface area contributed by atoms with Crippen LogP contribution >= 0.6 is 11.8 Å². The van der Waals surface area contributed by atoms with Crippen molar-refractivity contribution in [2.24, 2.45) is 0 Å². The number of likely N-dealkylation sites (tertiary alicyclic amines) is 1. The van der Waals surface area contributed by atoms with Gasteiger partial charge in [0.05, 0.1) is 5.03 Å².